The van der Waals surface area contributed by atoms with E-state index in [9.17, 15) is 4.79 Å². The third kappa shape index (κ3) is 1.20. The zero-order valence-corrected chi connectivity index (χ0v) is 7.40. The fourth-order valence-electron chi connectivity index (χ4n) is 2.06. The molecule has 0 spiro atoms. The Morgan fingerprint density at radius 3 is 3.15 bits per heavy atom. The van der Waals surface area contributed by atoms with Gasteiger partial charge >= 0.3 is 5.97 Å². The molecule has 1 heterocycles. The maximum Gasteiger partial charge on any atom is 0.311 e. The Hall–Kier alpha value is -1.38. The average molecular weight is 177 g/mol. The first-order valence-corrected chi connectivity index (χ1v) is 4.35. The Bertz CT molecular complexity index is 349. The molecule has 1 N–H and O–H groups in total. The highest BCUT2D eigenvalue weighted by atomic mass is 16.4. The lowest BCUT2D eigenvalue weighted by Crippen LogP contribution is -2.14. The Balaban J connectivity index is 2.46. The lowest BCUT2D eigenvalue weighted by Gasteiger charge is -2.09. The summed E-state index contributed by atoms with van der Waals surface area (Å²) in [4.78, 5) is 14.9. The molecule has 3 nitrogen and oxygen atoms in total. The first-order chi connectivity index (χ1) is 6.20. The minimum atomic E-state index is -0.725. The molecule has 1 aromatic heterocycles. The fraction of sp³-hybridized carbons (Fsp3) is 0.400. The predicted molar refractivity (Wildman–Crippen MR) is 47.5 cm³/mol. The van der Waals surface area contributed by atoms with Crippen molar-refractivity contribution in [3.63, 3.8) is 0 Å². The minimum absolute atomic E-state index is 0.191. The number of pyridine rings is 1. The molecule has 3 heteroatoms. The molecule has 13 heavy (non-hydrogen) atoms. The Morgan fingerprint density at radius 2 is 2.46 bits per heavy atom. The topological polar surface area (TPSA) is 50.2 Å². The lowest BCUT2D eigenvalue weighted by molar-refractivity contribution is -0.139. The molecule has 68 valence electrons. The second-order valence-corrected chi connectivity index (χ2v) is 3.57. The number of carbonyl (C=O) groups is 1. The molecule has 0 saturated carbocycles. The predicted octanol–water partition coefficient (Wildman–Crippen LogP) is 1.44. The Labute approximate surface area is 76.4 Å². The highest BCUT2D eigenvalue weighted by molar-refractivity contribution is 5.78. The van der Waals surface area contributed by atoms with Crippen LogP contribution in [0.1, 0.15) is 24.0 Å². The van der Waals surface area contributed by atoms with E-state index in [1.807, 2.05) is 13.0 Å². The smallest absolute Gasteiger partial charge is 0.311 e. The summed E-state index contributed by atoms with van der Waals surface area (Å²) < 4.78 is 0. The van der Waals surface area contributed by atoms with Crippen molar-refractivity contribution in [1.82, 2.24) is 4.98 Å². The molecule has 2 rings (SSSR count). The van der Waals surface area contributed by atoms with Crippen LogP contribution in [0.15, 0.2) is 18.5 Å². The van der Waals surface area contributed by atoms with Crippen LogP contribution in [0.4, 0.5) is 0 Å². The standard InChI is InChI=1S/C10H11NO2/c1-6-4-7-5-11-3-2-8(7)9(6)10(12)13/h2-3,5-6,9H,4H2,1H3,(H,12,13). The van der Waals surface area contributed by atoms with E-state index in [2.05, 4.69) is 4.98 Å². The van der Waals surface area contributed by atoms with Crippen molar-refractivity contribution in [2.24, 2.45) is 5.92 Å². The molecule has 0 bridgehead atoms. The first kappa shape index (κ1) is 8.23. The van der Waals surface area contributed by atoms with E-state index >= 15 is 0 Å². The van der Waals surface area contributed by atoms with Gasteiger partial charge in [-0.1, -0.05) is 6.92 Å². The van der Waals surface area contributed by atoms with Gasteiger partial charge in [0.1, 0.15) is 0 Å². The third-order valence-electron chi connectivity index (χ3n) is 2.65. The number of hydrogen-bond acceptors (Lipinski definition) is 2. The van der Waals surface area contributed by atoms with Crippen LogP contribution in [0.5, 0.6) is 0 Å². The molecule has 2 atom stereocenters. The molecule has 1 aliphatic carbocycles. The van der Waals surface area contributed by atoms with E-state index in [4.69, 9.17) is 5.11 Å². The molecule has 0 fully saturated rings. The van der Waals surface area contributed by atoms with Crippen LogP contribution in [0.25, 0.3) is 0 Å². The van der Waals surface area contributed by atoms with Crippen molar-refractivity contribution < 1.29 is 9.90 Å². The number of rotatable bonds is 1. The van der Waals surface area contributed by atoms with Crippen molar-refractivity contribution in [3.05, 3.63) is 29.6 Å². The van der Waals surface area contributed by atoms with Crippen molar-refractivity contribution in [2.45, 2.75) is 19.3 Å². The van der Waals surface area contributed by atoms with Crippen LogP contribution < -0.4 is 0 Å². The quantitative estimate of drug-likeness (QED) is 0.706. The third-order valence-corrected chi connectivity index (χ3v) is 2.65. The number of carboxylic acid groups (broad SMARTS) is 1. The van der Waals surface area contributed by atoms with Crippen LogP contribution in [-0.4, -0.2) is 16.1 Å². The Kier molecular flexibility index (Phi) is 1.79. The summed E-state index contributed by atoms with van der Waals surface area (Å²) in [5.74, 6) is -0.868. The van der Waals surface area contributed by atoms with Gasteiger partial charge in [-0.05, 0) is 29.5 Å². The Morgan fingerprint density at radius 1 is 1.69 bits per heavy atom. The van der Waals surface area contributed by atoms with E-state index in [1.165, 1.54) is 0 Å². The molecule has 0 amide bonds. The van der Waals surface area contributed by atoms with Crippen LogP contribution in [0.2, 0.25) is 0 Å². The summed E-state index contributed by atoms with van der Waals surface area (Å²) in [6.45, 7) is 1.97. The molecular formula is C10H11NO2. The van der Waals surface area contributed by atoms with Crippen molar-refractivity contribution >= 4 is 5.97 Å². The molecule has 0 saturated heterocycles. The number of aromatic nitrogens is 1. The van der Waals surface area contributed by atoms with Crippen LogP contribution in [0.3, 0.4) is 0 Å². The minimum Gasteiger partial charge on any atom is -0.481 e. The van der Waals surface area contributed by atoms with Gasteiger partial charge in [0, 0.05) is 12.4 Å². The molecule has 0 aromatic carbocycles. The maximum atomic E-state index is 11.0. The summed E-state index contributed by atoms with van der Waals surface area (Å²) in [5.41, 5.74) is 2.03. The van der Waals surface area contributed by atoms with Gasteiger partial charge in [0.05, 0.1) is 5.92 Å². The second kappa shape index (κ2) is 2.83. The van der Waals surface area contributed by atoms with E-state index in [-0.39, 0.29) is 11.8 Å². The van der Waals surface area contributed by atoms with Crippen LogP contribution >= 0.6 is 0 Å². The van der Waals surface area contributed by atoms with Crippen LogP contribution in [0, 0.1) is 5.92 Å². The lowest BCUT2D eigenvalue weighted by atomic mass is 9.95. The number of nitrogens with zero attached hydrogens (tertiary/aromatic N) is 1. The van der Waals surface area contributed by atoms with E-state index in [1.54, 1.807) is 12.4 Å². The number of aliphatic carboxylic acids is 1. The summed E-state index contributed by atoms with van der Waals surface area (Å²) in [6.07, 6.45) is 4.27. The zero-order chi connectivity index (χ0) is 9.42. The maximum absolute atomic E-state index is 11.0. The van der Waals surface area contributed by atoms with Gasteiger partial charge in [0.25, 0.3) is 0 Å². The normalized spacial score (nSPS) is 25.6. The summed E-state index contributed by atoms with van der Waals surface area (Å²) in [7, 11) is 0. The van der Waals surface area contributed by atoms with Gasteiger partial charge in [-0.3, -0.25) is 9.78 Å². The van der Waals surface area contributed by atoms with E-state index in [0.29, 0.717) is 0 Å². The van der Waals surface area contributed by atoms with Crippen molar-refractivity contribution in [2.75, 3.05) is 0 Å². The number of fused-ring (bicyclic) bond motifs is 1. The molecule has 0 aliphatic heterocycles. The summed E-state index contributed by atoms with van der Waals surface area (Å²) >= 11 is 0. The van der Waals surface area contributed by atoms with Gasteiger partial charge < -0.3 is 5.11 Å². The molecular weight excluding hydrogens is 166 g/mol. The highest BCUT2D eigenvalue weighted by Gasteiger charge is 2.34. The zero-order valence-electron chi connectivity index (χ0n) is 7.40. The fourth-order valence-corrected chi connectivity index (χ4v) is 2.06. The number of carboxylic acids is 1. The number of hydrogen-bond donors (Lipinski definition) is 1. The van der Waals surface area contributed by atoms with Gasteiger partial charge in [0.15, 0.2) is 0 Å². The van der Waals surface area contributed by atoms with Gasteiger partial charge in [-0.2, -0.15) is 0 Å². The molecule has 0 radical (unpaired) electrons. The summed E-state index contributed by atoms with van der Waals surface area (Å²) in [6, 6.07) is 1.82. The monoisotopic (exact) mass is 177 g/mol. The molecule has 1 aliphatic rings. The highest BCUT2D eigenvalue weighted by Crippen LogP contribution is 2.36. The van der Waals surface area contributed by atoms with Crippen molar-refractivity contribution in [3.8, 4) is 0 Å². The van der Waals surface area contributed by atoms with E-state index in [0.717, 1.165) is 17.5 Å². The largest absolute Gasteiger partial charge is 0.481 e. The second-order valence-electron chi connectivity index (χ2n) is 3.57. The van der Waals surface area contributed by atoms with E-state index < -0.39 is 5.97 Å². The molecule has 1 aromatic rings. The average Bonchev–Trinajstić information content (AvgIpc) is 2.39. The van der Waals surface area contributed by atoms with Gasteiger partial charge in [-0.15, -0.1) is 0 Å². The van der Waals surface area contributed by atoms with Gasteiger partial charge in [0.2, 0.25) is 0 Å². The summed E-state index contributed by atoms with van der Waals surface area (Å²) in [5, 5.41) is 9.01. The first-order valence-electron chi connectivity index (χ1n) is 4.35. The van der Waals surface area contributed by atoms with Crippen molar-refractivity contribution in [1.29, 1.82) is 0 Å². The van der Waals surface area contributed by atoms with Gasteiger partial charge in [-0.25, -0.2) is 0 Å². The molecule has 2 unspecified atom stereocenters. The van der Waals surface area contributed by atoms with Crippen LogP contribution in [-0.2, 0) is 11.2 Å². The SMILES string of the molecule is CC1Cc2cnccc2C1C(=O)O.